The number of carbonyl (C=O) groups is 2. The predicted molar refractivity (Wildman–Crippen MR) is 116 cm³/mol. The highest BCUT2D eigenvalue weighted by Crippen LogP contribution is 2.29. The van der Waals surface area contributed by atoms with Gasteiger partial charge in [-0.3, -0.25) is 14.9 Å². The molecule has 2 aromatic heterocycles. The van der Waals surface area contributed by atoms with E-state index in [9.17, 15) is 9.59 Å². The molecule has 2 amide bonds. The summed E-state index contributed by atoms with van der Waals surface area (Å²) in [5.41, 5.74) is 1.78. The van der Waals surface area contributed by atoms with Gasteiger partial charge in [0.15, 0.2) is 5.13 Å². The molecule has 0 spiro atoms. The summed E-state index contributed by atoms with van der Waals surface area (Å²) in [6, 6.07) is 12.3. The molecule has 4 rings (SSSR count). The summed E-state index contributed by atoms with van der Waals surface area (Å²) < 4.78 is 7.97. The van der Waals surface area contributed by atoms with E-state index in [4.69, 9.17) is 4.74 Å². The molecule has 152 valence electrons. The number of anilines is 2. The van der Waals surface area contributed by atoms with Crippen molar-refractivity contribution in [1.82, 2.24) is 14.5 Å². The molecule has 0 atom stereocenters. The van der Waals surface area contributed by atoms with Crippen molar-refractivity contribution in [1.29, 1.82) is 0 Å². The Bertz CT molecular complexity index is 1190. The van der Waals surface area contributed by atoms with Crippen LogP contribution in [0.3, 0.4) is 0 Å². The molecule has 4 aromatic rings. The molecule has 0 fully saturated rings. The SMILES string of the molecule is COc1ccc2nc(NC(=O)c3cccc(NC(=O)CCn4ccnc4)c3)sc2c1. The number of rotatable bonds is 7. The number of amides is 2. The summed E-state index contributed by atoms with van der Waals surface area (Å²) in [4.78, 5) is 33.2. The van der Waals surface area contributed by atoms with Crippen LogP contribution >= 0.6 is 11.3 Å². The lowest BCUT2D eigenvalue weighted by atomic mass is 10.2. The average Bonchev–Trinajstić information content (AvgIpc) is 3.41. The van der Waals surface area contributed by atoms with Gasteiger partial charge in [0.25, 0.3) is 5.91 Å². The van der Waals surface area contributed by atoms with E-state index >= 15 is 0 Å². The molecule has 0 unspecified atom stereocenters. The third kappa shape index (κ3) is 4.64. The lowest BCUT2D eigenvalue weighted by Gasteiger charge is -2.08. The van der Waals surface area contributed by atoms with E-state index in [2.05, 4.69) is 20.6 Å². The Hall–Kier alpha value is -3.72. The van der Waals surface area contributed by atoms with Crippen LogP contribution in [0.4, 0.5) is 10.8 Å². The fourth-order valence-electron chi connectivity index (χ4n) is 2.87. The maximum atomic E-state index is 12.6. The number of aryl methyl sites for hydroxylation is 1. The van der Waals surface area contributed by atoms with Gasteiger partial charge in [0.1, 0.15) is 5.75 Å². The average molecular weight is 421 g/mol. The van der Waals surface area contributed by atoms with Crippen LogP contribution in [0, 0.1) is 0 Å². The van der Waals surface area contributed by atoms with Crippen LogP contribution in [-0.4, -0.2) is 33.5 Å². The zero-order valence-corrected chi connectivity index (χ0v) is 17.0. The standard InChI is InChI=1S/C21H19N5O3S/c1-29-16-5-6-17-18(12-16)30-21(24-17)25-20(28)14-3-2-4-15(11-14)23-19(27)7-9-26-10-8-22-13-26/h2-6,8,10-13H,7,9H2,1H3,(H,23,27)(H,24,25,28). The molecule has 0 bridgehead atoms. The van der Waals surface area contributed by atoms with Gasteiger partial charge in [-0.05, 0) is 36.4 Å². The van der Waals surface area contributed by atoms with Crippen LogP contribution in [0.1, 0.15) is 16.8 Å². The Morgan fingerprint density at radius 3 is 2.87 bits per heavy atom. The van der Waals surface area contributed by atoms with Crippen molar-refractivity contribution in [3.63, 3.8) is 0 Å². The van der Waals surface area contributed by atoms with Crippen LogP contribution in [0.5, 0.6) is 5.75 Å². The molecular formula is C21H19N5O3S. The Kier molecular flexibility index (Phi) is 5.71. The van der Waals surface area contributed by atoms with Gasteiger partial charge in [-0.15, -0.1) is 0 Å². The van der Waals surface area contributed by atoms with Crippen molar-refractivity contribution < 1.29 is 14.3 Å². The quantitative estimate of drug-likeness (QED) is 0.473. The number of nitrogens with zero attached hydrogens (tertiary/aromatic N) is 3. The first-order valence-corrected chi connectivity index (χ1v) is 10.0. The van der Waals surface area contributed by atoms with E-state index in [-0.39, 0.29) is 11.8 Å². The normalized spacial score (nSPS) is 10.7. The maximum Gasteiger partial charge on any atom is 0.257 e. The van der Waals surface area contributed by atoms with Crippen LogP contribution in [0.2, 0.25) is 0 Å². The predicted octanol–water partition coefficient (Wildman–Crippen LogP) is 3.78. The smallest absolute Gasteiger partial charge is 0.257 e. The second-order valence-electron chi connectivity index (χ2n) is 6.49. The largest absolute Gasteiger partial charge is 0.497 e. The molecule has 0 aliphatic heterocycles. The molecule has 0 radical (unpaired) electrons. The van der Waals surface area contributed by atoms with Gasteiger partial charge >= 0.3 is 0 Å². The van der Waals surface area contributed by atoms with Crippen molar-refractivity contribution in [2.75, 3.05) is 17.7 Å². The minimum atomic E-state index is -0.296. The molecule has 0 saturated carbocycles. The summed E-state index contributed by atoms with van der Waals surface area (Å²) >= 11 is 1.37. The number of hydrogen-bond acceptors (Lipinski definition) is 6. The molecular weight excluding hydrogens is 402 g/mol. The number of carbonyl (C=O) groups excluding carboxylic acids is 2. The van der Waals surface area contributed by atoms with Crippen molar-refractivity contribution in [3.8, 4) is 5.75 Å². The Morgan fingerprint density at radius 1 is 1.17 bits per heavy atom. The maximum absolute atomic E-state index is 12.6. The molecule has 8 nitrogen and oxygen atoms in total. The number of methoxy groups -OCH3 is 1. The third-order valence-electron chi connectivity index (χ3n) is 4.38. The fourth-order valence-corrected chi connectivity index (χ4v) is 3.76. The second kappa shape index (κ2) is 8.75. The summed E-state index contributed by atoms with van der Waals surface area (Å²) in [6.07, 6.45) is 5.44. The van der Waals surface area contributed by atoms with Crippen molar-refractivity contribution >= 4 is 44.2 Å². The van der Waals surface area contributed by atoms with Crippen LogP contribution in [0.15, 0.2) is 61.2 Å². The van der Waals surface area contributed by atoms with E-state index in [0.29, 0.717) is 29.3 Å². The molecule has 0 aliphatic rings. The number of aromatic nitrogens is 3. The Labute approximate surface area is 176 Å². The van der Waals surface area contributed by atoms with Gasteiger partial charge in [-0.2, -0.15) is 0 Å². The number of thiazole rings is 1. The third-order valence-corrected chi connectivity index (χ3v) is 5.31. The highest BCUT2D eigenvalue weighted by Gasteiger charge is 2.12. The Balaban J connectivity index is 1.40. The summed E-state index contributed by atoms with van der Waals surface area (Å²) in [6.45, 7) is 0.536. The molecule has 9 heteroatoms. The first-order valence-electron chi connectivity index (χ1n) is 9.22. The number of fused-ring (bicyclic) bond motifs is 1. The molecule has 30 heavy (non-hydrogen) atoms. The van der Waals surface area contributed by atoms with Crippen molar-refractivity contribution in [2.24, 2.45) is 0 Å². The minimum Gasteiger partial charge on any atom is -0.497 e. The highest BCUT2D eigenvalue weighted by molar-refractivity contribution is 7.22. The number of benzene rings is 2. The van der Waals surface area contributed by atoms with Crippen LogP contribution in [0.25, 0.3) is 10.2 Å². The summed E-state index contributed by atoms with van der Waals surface area (Å²) in [5, 5.41) is 6.13. The van der Waals surface area contributed by atoms with E-state index < -0.39 is 0 Å². The van der Waals surface area contributed by atoms with Crippen molar-refractivity contribution in [3.05, 3.63) is 66.7 Å². The fraction of sp³-hybridized carbons (Fsp3) is 0.143. The van der Waals surface area contributed by atoms with E-state index in [0.717, 1.165) is 16.0 Å². The van der Waals surface area contributed by atoms with Gasteiger partial charge in [0.05, 0.1) is 23.7 Å². The molecule has 0 aliphatic carbocycles. The lowest BCUT2D eigenvalue weighted by Crippen LogP contribution is -2.15. The molecule has 0 saturated heterocycles. The van der Waals surface area contributed by atoms with E-state index in [1.165, 1.54) is 11.3 Å². The topological polar surface area (TPSA) is 98.1 Å². The lowest BCUT2D eigenvalue weighted by molar-refractivity contribution is -0.116. The van der Waals surface area contributed by atoms with Gasteiger partial charge in [0, 0.05) is 36.6 Å². The zero-order chi connectivity index (χ0) is 20.9. The minimum absolute atomic E-state index is 0.138. The number of hydrogen-bond donors (Lipinski definition) is 2. The first-order chi connectivity index (χ1) is 14.6. The Morgan fingerprint density at radius 2 is 2.07 bits per heavy atom. The first kappa shape index (κ1) is 19.6. The van der Waals surface area contributed by atoms with Gasteiger partial charge in [0.2, 0.25) is 5.91 Å². The van der Waals surface area contributed by atoms with E-state index in [1.54, 1.807) is 50.1 Å². The van der Waals surface area contributed by atoms with Crippen LogP contribution < -0.4 is 15.4 Å². The van der Waals surface area contributed by atoms with Crippen LogP contribution in [-0.2, 0) is 11.3 Å². The van der Waals surface area contributed by atoms with E-state index in [1.807, 2.05) is 22.8 Å². The van der Waals surface area contributed by atoms with Gasteiger partial charge < -0.3 is 14.6 Å². The summed E-state index contributed by atoms with van der Waals surface area (Å²) in [5.74, 6) is 0.303. The van der Waals surface area contributed by atoms with Crippen molar-refractivity contribution in [2.45, 2.75) is 13.0 Å². The van der Waals surface area contributed by atoms with Gasteiger partial charge in [-0.25, -0.2) is 9.97 Å². The molecule has 2 aromatic carbocycles. The molecule has 2 heterocycles. The molecule has 2 N–H and O–H groups in total. The number of nitrogens with one attached hydrogen (secondary N) is 2. The number of imidazole rings is 1. The highest BCUT2D eigenvalue weighted by atomic mass is 32.1. The monoisotopic (exact) mass is 421 g/mol. The number of ether oxygens (including phenoxy) is 1. The summed E-state index contributed by atoms with van der Waals surface area (Å²) in [7, 11) is 1.61. The second-order valence-corrected chi connectivity index (χ2v) is 7.52. The van der Waals surface area contributed by atoms with Gasteiger partial charge in [-0.1, -0.05) is 17.4 Å². The zero-order valence-electron chi connectivity index (χ0n) is 16.2.